The molecule has 16 heavy (non-hydrogen) atoms. The van der Waals surface area contributed by atoms with Gasteiger partial charge >= 0.3 is 0 Å². The Bertz CT molecular complexity index is 437. The highest BCUT2D eigenvalue weighted by Crippen LogP contribution is 2.26. The molecule has 0 fully saturated rings. The number of carbonyl (C=O) groups excluding carboxylic acids is 1. The van der Waals surface area contributed by atoms with Crippen molar-refractivity contribution >= 4 is 17.9 Å². The van der Waals surface area contributed by atoms with E-state index in [1.807, 2.05) is 42.5 Å². The minimum Gasteiger partial charge on any atom is -0.304 e. The summed E-state index contributed by atoms with van der Waals surface area (Å²) in [6, 6.07) is 18.0. The number of hydrogen-bond acceptors (Lipinski definition) is 1. The van der Waals surface area contributed by atoms with Crippen molar-refractivity contribution in [3.63, 3.8) is 0 Å². The molecule has 2 aromatic carbocycles. The summed E-state index contributed by atoms with van der Waals surface area (Å²) in [6.45, 7) is 1.44. The van der Waals surface area contributed by atoms with E-state index in [1.54, 1.807) is 0 Å². The maximum Gasteiger partial charge on any atom is 0.116 e. The average Bonchev–Trinajstić information content (AvgIpc) is 2.32. The summed E-state index contributed by atoms with van der Waals surface area (Å²) in [6.07, 6.45) is 0.750. The van der Waals surface area contributed by atoms with Crippen molar-refractivity contribution in [1.82, 2.24) is 0 Å². The van der Waals surface area contributed by atoms with Crippen LogP contribution in [0.4, 0.5) is 0 Å². The number of halogens is 1. The van der Waals surface area contributed by atoms with Gasteiger partial charge in [0.1, 0.15) is 6.29 Å². The number of rotatable bonds is 1. The molecule has 0 saturated heterocycles. The normalized spacial score (nSPS) is 8.88. The number of carbonyl (C=O) groups is 1. The van der Waals surface area contributed by atoms with E-state index in [2.05, 4.69) is 12.1 Å². The lowest BCUT2D eigenvalue weighted by atomic mass is 10.1. The minimum absolute atomic E-state index is 0.750. The second kappa shape index (κ2) is 6.81. The fourth-order valence-corrected chi connectivity index (χ4v) is 1.56. The van der Waals surface area contributed by atoms with Crippen molar-refractivity contribution < 1.29 is 4.79 Å². The highest BCUT2D eigenvalue weighted by Gasteiger charge is 1.99. The van der Waals surface area contributed by atoms with Gasteiger partial charge in [-0.1, -0.05) is 60.1 Å². The molecule has 0 aliphatic heterocycles. The van der Waals surface area contributed by atoms with Crippen molar-refractivity contribution in [2.24, 2.45) is 0 Å². The van der Waals surface area contributed by atoms with Crippen LogP contribution in [0.5, 0.6) is 0 Å². The van der Waals surface area contributed by atoms with Crippen LogP contribution in [0.25, 0.3) is 11.1 Å². The van der Waals surface area contributed by atoms with Gasteiger partial charge < -0.3 is 4.79 Å². The van der Waals surface area contributed by atoms with Gasteiger partial charge in [0, 0.05) is 10.6 Å². The fourth-order valence-electron chi connectivity index (χ4n) is 1.31. The summed E-state index contributed by atoms with van der Waals surface area (Å²) in [5, 5.41) is 0.800. The number of benzene rings is 2. The van der Waals surface area contributed by atoms with Gasteiger partial charge in [0.15, 0.2) is 0 Å². The molecule has 0 bridgehead atoms. The summed E-state index contributed by atoms with van der Waals surface area (Å²) in [4.78, 5) is 8.81. The van der Waals surface area contributed by atoms with Gasteiger partial charge in [-0.15, -0.1) is 0 Å². The van der Waals surface area contributed by atoms with Crippen LogP contribution in [-0.2, 0) is 4.79 Å². The molecule has 1 nitrogen and oxygen atoms in total. The molecule has 0 radical (unpaired) electrons. The first kappa shape index (κ1) is 12.5. The lowest BCUT2D eigenvalue weighted by Crippen LogP contribution is -1.77. The molecule has 0 heterocycles. The molecule has 2 aromatic rings. The van der Waals surface area contributed by atoms with Gasteiger partial charge in [-0.25, -0.2) is 0 Å². The Morgan fingerprint density at radius 3 is 2.00 bits per heavy atom. The highest BCUT2D eigenvalue weighted by atomic mass is 35.5. The Hall–Kier alpha value is -1.60. The van der Waals surface area contributed by atoms with E-state index in [-0.39, 0.29) is 0 Å². The first-order valence-electron chi connectivity index (χ1n) is 4.99. The highest BCUT2D eigenvalue weighted by molar-refractivity contribution is 6.33. The zero-order chi connectivity index (χ0) is 11.8. The summed E-state index contributed by atoms with van der Waals surface area (Å²) in [5.74, 6) is 0. The topological polar surface area (TPSA) is 17.1 Å². The molecule has 0 unspecified atom stereocenters. The molecular weight excluding hydrogens is 220 g/mol. The van der Waals surface area contributed by atoms with Gasteiger partial charge in [-0.2, -0.15) is 0 Å². The van der Waals surface area contributed by atoms with Gasteiger partial charge in [-0.3, -0.25) is 0 Å². The lowest BCUT2D eigenvalue weighted by molar-refractivity contribution is -0.106. The number of aldehydes is 1. The van der Waals surface area contributed by atoms with Crippen LogP contribution in [0.15, 0.2) is 54.6 Å². The van der Waals surface area contributed by atoms with E-state index in [4.69, 9.17) is 16.4 Å². The maximum absolute atomic E-state index is 8.81. The number of hydrogen-bond donors (Lipinski definition) is 0. The SMILES string of the molecule is CC=O.Clc1ccccc1-c1ccccc1. The Kier molecular flexibility index (Phi) is 5.30. The standard InChI is InChI=1S/C12H9Cl.C2H4O/c13-12-9-5-4-8-11(12)10-6-2-1-3-7-10;1-2-3/h1-9H;2H,1H3. The van der Waals surface area contributed by atoms with Crippen LogP contribution in [0, 0.1) is 0 Å². The van der Waals surface area contributed by atoms with E-state index < -0.39 is 0 Å². The predicted molar refractivity (Wildman–Crippen MR) is 68.6 cm³/mol. The van der Waals surface area contributed by atoms with E-state index in [0.29, 0.717) is 0 Å². The Labute approximate surface area is 101 Å². The monoisotopic (exact) mass is 232 g/mol. The second-order valence-corrected chi connectivity index (χ2v) is 3.49. The molecule has 2 rings (SSSR count). The molecule has 2 heteroatoms. The van der Waals surface area contributed by atoms with Crippen molar-refractivity contribution in [1.29, 1.82) is 0 Å². The molecule has 0 saturated carbocycles. The van der Waals surface area contributed by atoms with Gasteiger partial charge in [0.2, 0.25) is 0 Å². The first-order valence-corrected chi connectivity index (χ1v) is 5.37. The van der Waals surface area contributed by atoms with Gasteiger partial charge in [-0.05, 0) is 18.6 Å². The third-order valence-electron chi connectivity index (χ3n) is 1.96. The summed E-state index contributed by atoms with van der Waals surface area (Å²) in [7, 11) is 0. The second-order valence-electron chi connectivity index (χ2n) is 3.08. The third-order valence-corrected chi connectivity index (χ3v) is 2.29. The Morgan fingerprint density at radius 2 is 1.44 bits per heavy atom. The van der Waals surface area contributed by atoms with E-state index in [1.165, 1.54) is 6.92 Å². The summed E-state index contributed by atoms with van der Waals surface area (Å²) >= 11 is 6.06. The van der Waals surface area contributed by atoms with E-state index in [0.717, 1.165) is 22.4 Å². The molecule has 82 valence electrons. The fraction of sp³-hybridized carbons (Fsp3) is 0.0714. The Morgan fingerprint density at radius 1 is 0.938 bits per heavy atom. The van der Waals surface area contributed by atoms with Crippen LogP contribution in [0.2, 0.25) is 5.02 Å². The molecular formula is C14H13ClO. The Balaban J connectivity index is 0.000000386. The summed E-state index contributed by atoms with van der Waals surface area (Å²) < 4.78 is 0. The van der Waals surface area contributed by atoms with E-state index in [9.17, 15) is 0 Å². The average molecular weight is 233 g/mol. The molecule has 0 aromatic heterocycles. The first-order chi connectivity index (χ1) is 7.79. The molecule has 0 atom stereocenters. The maximum atomic E-state index is 8.81. The van der Waals surface area contributed by atoms with Crippen LogP contribution < -0.4 is 0 Å². The van der Waals surface area contributed by atoms with Crippen molar-refractivity contribution in [2.75, 3.05) is 0 Å². The smallest absolute Gasteiger partial charge is 0.116 e. The lowest BCUT2D eigenvalue weighted by Gasteiger charge is -2.02. The molecule has 0 amide bonds. The van der Waals surface area contributed by atoms with Crippen molar-refractivity contribution in [3.8, 4) is 11.1 Å². The van der Waals surface area contributed by atoms with Crippen LogP contribution in [0.1, 0.15) is 6.92 Å². The van der Waals surface area contributed by atoms with Crippen LogP contribution in [-0.4, -0.2) is 6.29 Å². The third kappa shape index (κ3) is 3.52. The van der Waals surface area contributed by atoms with Crippen molar-refractivity contribution in [3.05, 3.63) is 59.6 Å². The molecule has 0 aliphatic rings. The van der Waals surface area contributed by atoms with Gasteiger partial charge in [0.25, 0.3) is 0 Å². The molecule has 0 spiro atoms. The zero-order valence-corrected chi connectivity index (χ0v) is 9.82. The predicted octanol–water partition coefficient (Wildman–Crippen LogP) is 4.21. The molecule has 0 N–H and O–H groups in total. The van der Waals surface area contributed by atoms with E-state index >= 15 is 0 Å². The van der Waals surface area contributed by atoms with Gasteiger partial charge in [0.05, 0.1) is 0 Å². The summed E-state index contributed by atoms with van der Waals surface area (Å²) in [5.41, 5.74) is 2.25. The quantitative estimate of drug-likeness (QED) is 0.673. The molecule has 0 aliphatic carbocycles. The minimum atomic E-state index is 0.750. The van der Waals surface area contributed by atoms with Crippen molar-refractivity contribution in [2.45, 2.75) is 6.92 Å². The zero-order valence-electron chi connectivity index (χ0n) is 9.06. The van der Waals surface area contributed by atoms with Crippen LogP contribution in [0.3, 0.4) is 0 Å². The largest absolute Gasteiger partial charge is 0.304 e. The van der Waals surface area contributed by atoms with Crippen LogP contribution >= 0.6 is 11.6 Å².